The summed E-state index contributed by atoms with van der Waals surface area (Å²) >= 11 is 0. The highest BCUT2D eigenvalue weighted by Crippen LogP contribution is 2.29. The van der Waals surface area contributed by atoms with Crippen LogP contribution in [0, 0.1) is 5.82 Å². The lowest BCUT2D eigenvalue weighted by atomic mass is 10.2. The molecule has 124 valence electrons. The van der Waals surface area contributed by atoms with Crippen LogP contribution < -0.4 is 9.64 Å². The van der Waals surface area contributed by atoms with Crippen LogP contribution in [0.4, 0.5) is 10.2 Å². The number of anilines is 1. The van der Waals surface area contributed by atoms with Gasteiger partial charge in [0.2, 0.25) is 0 Å². The summed E-state index contributed by atoms with van der Waals surface area (Å²) in [5.41, 5.74) is 0.681. The lowest BCUT2D eigenvalue weighted by molar-refractivity contribution is 0.247. The predicted molar refractivity (Wildman–Crippen MR) is 92.3 cm³/mol. The summed E-state index contributed by atoms with van der Waals surface area (Å²) < 4.78 is 18.9. The Morgan fingerprint density at radius 2 is 1.87 bits per heavy atom. The van der Waals surface area contributed by atoms with Crippen LogP contribution in [0.5, 0.6) is 5.75 Å². The molecule has 1 aliphatic carbocycles. The highest BCUT2D eigenvalue weighted by molar-refractivity contribution is 5.85. The van der Waals surface area contributed by atoms with Crippen LogP contribution in [0.2, 0.25) is 0 Å². The molecule has 0 amide bonds. The number of piperazine rings is 1. The van der Waals surface area contributed by atoms with E-state index in [9.17, 15) is 4.39 Å². The van der Waals surface area contributed by atoms with Gasteiger partial charge in [-0.25, -0.2) is 9.37 Å². The number of hydrogen-bond donors (Lipinski definition) is 0. The molecule has 2 aromatic rings. The highest BCUT2D eigenvalue weighted by atomic mass is 35.5. The van der Waals surface area contributed by atoms with Gasteiger partial charge >= 0.3 is 0 Å². The first-order chi connectivity index (χ1) is 10.7. The Bertz CT molecular complexity index is 700. The fourth-order valence-corrected chi connectivity index (χ4v) is 3.20. The molecule has 1 aliphatic heterocycles. The van der Waals surface area contributed by atoms with E-state index in [-0.39, 0.29) is 24.0 Å². The Morgan fingerprint density at radius 3 is 2.52 bits per heavy atom. The molecule has 1 aromatic heterocycles. The number of aromatic nitrogens is 1. The third kappa shape index (κ3) is 3.21. The Hall–Kier alpha value is -1.59. The number of benzene rings is 1. The van der Waals surface area contributed by atoms with Crippen molar-refractivity contribution < 1.29 is 9.13 Å². The van der Waals surface area contributed by atoms with E-state index in [2.05, 4.69) is 14.8 Å². The first-order valence-electron chi connectivity index (χ1n) is 7.88. The van der Waals surface area contributed by atoms with E-state index in [1.165, 1.54) is 26.0 Å². The van der Waals surface area contributed by atoms with Gasteiger partial charge < -0.3 is 9.64 Å². The van der Waals surface area contributed by atoms with E-state index in [0.29, 0.717) is 5.52 Å². The van der Waals surface area contributed by atoms with Gasteiger partial charge in [0.1, 0.15) is 5.82 Å². The van der Waals surface area contributed by atoms with Crippen molar-refractivity contribution >= 4 is 29.1 Å². The number of pyridine rings is 1. The van der Waals surface area contributed by atoms with Crippen molar-refractivity contribution in [3.63, 3.8) is 0 Å². The first-order valence-corrected chi connectivity index (χ1v) is 7.88. The number of methoxy groups -OCH3 is 1. The second kappa shape index (κ2) is 6.49. The van der Waals surface area contributed by atoms with Crippen molar-refractivity contribution in [1.29, 1.82) is 0 Å². The quantitative estimate of drug-likeness (QED) is 0.860. The van der Waals surface area contributed by atoms with Crippen molar-refractivity contribution in [2.45, 2.75) is 18.9 Å². The van der Waals surface area contributed by atoms with Crippen LogP contribution in [0.15, 0.2) is 24.3 Å². The lowest BCUT2D eigenvalue weighted by Gasteiger charge is -2.35. The van der Waals surface area contributed by atoms with Gasteiger partial charge in [-0.15, -0.1) is 12.4 Å². The predicted octanol–water partition coefficient (Wildman–Crippen LogP) is 3.09. The number of rotatable bonds is 3. The van der Waals surface area contributed by atoms with Crippen LogP contribution in [0.25, 0.3) is 10.9 Å². The number of hydrogen-bond acceptors (Lipinski definition) is 4. The summed E-state index contributed by atoms with van der Waals surface area (Å²) in [5.74, 6) is 0.839. The molecular formula is C17H21ClFN3O. The summed E-state index contributed by atoms with van der Waals surface area (Å²) in [6.45, 7) is 4.18. The molecule has 0 N–H and O–H groups in total. The third-order valence-electron chi connectivity index (χ3n) is 4.65. The minimum atomic E-state index is -0.363. The molecule has 6 heteroatoms. The zero-order chi connectivity index (χ0) is 15.1. The van der Waals surface area contributed by atoms with Crippen LogP contribution >= 0.6 is 12.4 Å². The minimum absolute atomic E-state index is 0. The van der Waals surface area contributed by atoms with Crippen LogP contribution in [-0.4, -0.2) is 49.2 Å². The summed E-state index contributed by atoms with van der Waals surface area (Å²) in [6, 6.07) is 8.00. The average molecular weight is 338 g/mol. The summed E-state index contributed by atoms with van der Waals surface area (Å²) in [7, 11) is 1.48. The maximum absolute atomic E-state index is 13.9. The minimum Gasteiger partial charge on any atom is -0.494 e. The molecule has 2 fully saturated rings. The highest BCUT2D eigenvalue weighted by Gasteiger charge is 2.31. The topological polar surface area (TPSA) is 28.6 Å². The maximum atomic E-state index is 13.9. The molecule has 0 radical (unpaired) electrons. The molecule has 1 saturated carbocycles. The van der Waals surface area contributed by atoms with Gasteiger partial charge in [0.05, 0.1) is 12.6 Å². The van der Waals surface area contributed by atoms with E-state index < -0.39 is 0 Å². The largest absolute Gasteiger partial charge is 0.494 e. The van der Waals surface area contributed by atoms with E-state index in [1.807, 2.05) is 12.1 Å². The molecule has 2 heterocycles. The summed E-state index contributed by atoms with van der Waals surface area (Å²) in [4.78, 5) is 9.50. The molecule has 0 unspecified atom stereocenters. The zero-order valence-electron chi connectivity index (χ0n) is 13.2. The van der Waals surface area contributed by atoms with E-state index in [0.717, 1.165) is 43.4 Å². The Morgan fingerprint density at radius 1 is 1.13 bits per heavy atom. The Labute approximate surface area is 141 Å². The molecule has 23 heavy (non-hydrogen) atoms. The summed E-state index contributed by atoms with van der Waals surface area (Å²) in [6.07, 6.45) is 2.71. The molecular weight excluding hydrogens is 317 g/mol. The molecule has 4 nitrogen and oxygen atoms in total. The van der Waals surface area contributed by atoms with E-state index >= 15 is 0 Å². The van der Waals surface area contributed by atoms with Crippen LogP contribution in [0.1, 0.15) is 12.8 Å². The lowest BCUT2D eigenvalue weighted by Crippen LogP contribution is -2.47. The van der Waals surface area contributed by atoms with Crippen molar-refractivity contribution in [2.24, 2.45) is 0 Å². The second-order valence-corrected chi connectivity index (χ2v) is 6.10. The molecule has 0 spiro atoms. The van der Waals surface area contributed by atoms with Gasteiger partial charge in [-0.2, -0.15) is 0 Å². The van der Waals surface area contributed by atoms with Gasteiger partial charge in [0, 0.05) is 43.7 Å². The smallest absolute Gasteiger partial charge is 0.167 e. The Kier molecular flexibility index (Phi) is 4.60. The standard InChI is InChI=1S/C17H20FN3O.ClH/c1-22-16-10-12-2-5-17(19-15(12)11-14(16)18)21-8-6-20(7-9-21)13-3-4-13;/h2,5,10-11,13H,3-4,6-9H2,1H3;1H. The normalized spacial score (nSPS) is 18.8. The van der Waals surface area contributed by atoms with Crippen molar-refractivity contribution in [3.8, 4) is 5.75 Å². The van der Waals surface area contributed by atoms with E-state index in [1.54, 1.807) is 6.07 Å². The SMILES string of the molecule is COc1cc2ccc(N3CCN(C4CC4)CC3)nc2cc1F.Cl. The van der Waals surface area contributed by atoms with Crippen molar-refractivity contribution in [2.75, 3.05) is 38.2 Å². The van der Waals surface area contributed by atoms with Gasteiger partial charge in [0.25, 0.3) is 0 Å². The fourth-order valence-electron chi connectivity index (χ4n) is 3.20. The van der Waals surface area contributed by atoms with Crippen molar-refractivity contribution in [1.82, 2.24) is 9.88 Å². The number of fused-ring (bicyclic) bond motifs is 1. The van der Waals surface area contributed by atoms with Crippen molar-refractivity contribution in [3.05, 3.63) is 30.1 Å². The Balaban J connectivity index is 0.00000156. The molecule has 1 saturated heterocycles. The van der Waals surface area contributed by atoms with Gasteiger partial charge in [-0.05, 0) is 31.0 Å². The maximum Gasteiger partial charge on any atom is 0.167 e. The number of halogens is 2. The van der Waals surface area contributed by atoms with Gasteiger partial charge in [-0.3, -0.25) is 4.90 Å². The van der Waals surface area contributed by atoms with Gasteiger partial charge in [0.15, 0.2) is 11.6 Å². The monoisotopic (exact) mass is 337 g/mol. The average Bonchev–Trinajstić information content (AvgIpc) is 3.39. The molecule has 4 rings (SSSR count). The molecule has 2 aliphatic rings. The summed E-state index contributed by atoms with van der Waals surface area (Å²) in [5, 5.41) is 0.901. The molecule has 0 atom stereocenters. The second-order valence-electron chi connectivity index (χ2n) is 6.10. The van der Waals surface area contributed by atoms with Crippen LogP contribution in [-0.2, 0) is 0 Å². The van der Waals surface area contributed by atoms with E-state index in [4.69, 9.17) is 4.74 Å². The molecule has 0 bridgehead atoms. The van der Waals surface area contributed by atoms with Gasteiger partial charge in [-0.1, -0.05) is 0 Å². The zero-order valence-corrected chi connectivity index (χ0v) is 14.0. The first kappa shape index (κ1) is 16.3. The third-order valence-corrected chi connectivity index (χ3v) is 4.65. The number of ether oxygens (including phenoxy) is 1. The molecule has 1 aromatic carbocycles. The fraction of sp³-hybridized carbons (Fsp3) is 0.471. The number of nitrogens with zero attached hydrogens (tertiary/aromatic N) is 3. The van der Waals surface area contributed by atoms with Crippen LogP contribution in [0.3, 0.4) is 0 Å².